The number of nitro benzene ring substituents is 1. The average Bonchev–Trinajstić information content (AvgIpc) is 2.74. The van der Waals surface area contributed by atoms with Gasteiger partial charge in [0.15, 0.2) is 0 Å². The summed E-state index contributed by atoms with van der Waals surface area (Å²) >= 11 is 0. The van der Waals surface area contributed by atoms with Crippen molar-refractivity contribution in [2.45, 2.75) is 25.3 Å². The molecule has 0 aromatic heterocycles. The predicted molar refractivity (Wildman–Crippen MR) is 76.7 cm³/mol. The van der Waals surface area contributed by atoms with Crippen molar-refractivity contribution in [3.05, 3.63) is 33.9 Å². The van der Waals surface area contributed by atoms with Crippen molar-refractivity contribution in [3.63, 3.8) is 0 Å². The molecular formula is C14H18N4O2. The van der Waals surface area contributed by atoms with E-state index in [2.05, 4.69) is 10.2 Å². The quantitative estimate of drug-likeness (QED) is 0.673. The fraction of sp³-hybridized carbons (Fsp3) is 0.500. The molecule has 0 bridgehead atoms. The molecule has 1 fully saturated rings. The van der Waals surface area contributed by atoms with Crippen molar-refractivity contribution in [2.24, 2.45) is 0 Å². The van der Waals surface area contributed by atoms with Gasteiger partial charge in [-0.05, 0) is 44.5 Å². The highest BCUT2D eigenvalue weighted by Crippen LogP contribution is 2.27. The Morgan fingerprint density at radius 3 is 2.95 bits per heavy atom. The van der Waals surface area contributed by atoms with Gasteiger partial charge in [-0.15, -0.1) is 0 Å². The Balaban J connectivity index is 2.25. The minimum atomic E-state index is -0.495. The van der Waals surface area contributed by atoms with Crippen LogP contribution >= 0.6 is 0 Å². The van der Waals surface area contributed by atoms with Crippen molar-refractivity contribution in [2.75, 3.05) is 25.0 Å². The maximum absolute atomic E-state index is 11.0. The molecule has 1 heterocycles. The minimum absolute atomic E-state index is 0.106. The van der Waals surface area contributed by atoms with Crippen LogP contribution in [0.5, 0.6) is 0 Å². The number of nitrogens with zero attached hydrogens (tertiary/aromatic N) is 3. The lowest BCUT2D eigenvalue weighted by molar-refractivity contribution is -0.385. The SMILES string of the molecule is CN(c1ccc(C#N)c([N+](=O)[O-])c1)C1CCCNCC1. The first-order valence-electron chi connectivity index (χ1n) is 6.75. The monoisotopic (exact) mass is 274 g/mol. The third kappa shape index (κ3) is 3.06. The molecule has 1 atom stereocenters. The van der Waals surface area contributed by atoms with E-state index in [0.717, 1.165) is 38.0 Å². The Bertz CT molecular complexity index is 530. The predicted octanol–water partition coefficient (Wildman–Crippen LogP) is 2.04. The third-order valence-electron chi connectivity index (χ3n) is 3.80. The largest absolute Gasteiger partial charge is 0.371 e. The van der Waals surface area contributed by atoms with Crippen LogP contribution < -0.4 is 10.2 Å². The van der Waals surface area contributed by atoms with Crippen LogP contribution in [0, 0.1) is 21.4 Å². The topological polar surface area (TPSA) is 82.2 Å². The summed E-state index contributed by atoms with van der Waals surface area (Å²) in [5, 5.41) is 23.3. The Morgan fingerprint density at radius 2 is 2.25 bits per heavy atom. The van der Waals surface area contributed by atoms with Gasteiger partial charge in [0.1, 0.15) is 11.6 Å². The number of rotatable bonds is 3. The van der Waals surface area contributed by atoms with Crippen LogP contribution in [0.2, 0.25) is 0 Å². The zero-order valence-electron chi connectivity index (χ0n) is 11.5. The first-order valence-corrected chi connectivity index (χ1v) is 6.75. The lowest BCUT2D eigenvalue weighted by Gasteiger charge is -2.29. The summed E-state index contributed by atoms with van der Waals surface area (Å²) in [6.07, 6.45) is 3.19. The van der Waals surface area contributed by atoms with Gasteiger partial charge in [-0.1, -0.05) is 0 Å². The van der Waals surface area contributed by atoms with Crippen molar-refractivity contribution >= 4 is 11.4 Å². The van der Waals surface area contributed by atoms with E-state index >= 15 is 0 Å². The standard InChI is InChI=1S/C14H18N4O2/c1-17(12-3-2-7-16-8-6-12)13-5-4-11(10-15)14(9-13)18(19)20/h4-5,9,12,16H,2-3,6-8H2,1H3. The zero-order valence-corrected chi connectivity index (χ0v) is 11.5. The molecule has 0 spiro atoms. The summed E-state index contributed by atoms with van der Waals surface area (Å²) in [5.41, 5.74) is 0.779. The van der Waals surface area contributed by atoms with E-state index in [-0.39, 0.29) is 11.3 Å². The molecule has 6 heteroatoms. The fourth-order valence-corrected chi connectivity index (χ4v) is 2.58. The third-order valence-corrected chi connectivity index (χ3v) is 3.80. The van der Waals surface area contributed by atoms with E-state index in [1.165, 1.54) is 12.1 Å². The highest BCUT2D eigenvalue weighted by atomic mass is 16.6. The molecule has 1 aliphatic heterocycles. The molecular weight excluding hydrogens is 256 g/mol. The summed E-state index contributed by atoms with van der Waals surface area (Å²) < 4.78 is 0. The number of nitro groups is 1. The molecule has 106 valence electrons. The maximum atomic E-state index is 11.0. The normalized spacial score (nSPS) is 18.9. The minimum Gasteiger partial charge on any atom is -0.371 e. The van der Waals surface area contributed by atoms with E-state index in [1.807, 2.05) is 13.1 Å². The summed E-state index contributed by atoms with van der Waals surface area (Å²) in [5.74, 6) is 0. The van der Waals surface area contributed by atoms with Crippen molar-refractivity contribution in [3.8, 4) is 6.07 Å². The molecule has 1 unspecified atom stereocenters. The van der Waals surface area contributed by atoms with E-state index in [0.29, 0.717) is 6.04 Å². The van der Waals surface area contributed by atoms with Crippen LogP contribution in [0.4, 0.5) is 11.4 Å². The molecule has 1 aromatic rings. The van der Waals surface area contributed by atoms with Crippen LogP contribution in [-0.2, 0) is 0 Å². The van der Waals surface area contributed by atoms with E-state index in [4.69, 9.17) is 5.26 Å². The van der Waals surface area contributed by atoms with Crippen molar-refractivity contribution in [1.29, 1.82) is 5.26 Å². The Hall–Kier alpha value is -2.13. The molecule has 0 aliphatic carbocycles. The Kier molecular flexibility index (Phi) is 4.53. The van der Waals surface area contributed by atoms with Crippen LogP contribution in [0.15, 0.2) is 18.2 Å². The number of nitrogens with one attached hydrogen (secondary N) is 1. The van der Waals surface area contributed by atoms with Crippen LogP contribution in [0.3, 0.4) is 0 Å². The fourth-order valence-electron chi connectivity index (χ4n) is 2.58. The Morgan fingerprint density at radius 1 is 1.45 bits per heavy atom. The number of anilines is 1. The molecule has 1 N–H and O–H groups in total. The molecule has 0 saturated carbocycles. The molecule has 6 nitrogen and oxygen atoms in total. The van der Waals surface area contributed by atoms with Gasteiger partial charge < -0.3 is 10.2 Å². The van der Waals surface area contributed by atoms with Crippen molar-refractivity contribution in [1.82, 2.24) is 5.32 Å². The highest BCUT2D eigenvalue weighted by Gasteiger charge is 2.20. The van der Waals surface area contributed by atoms with Gasteiger partial charge in [0, 0.05) is 24.8 Å². The number of nitriles is 1. The maximum Gasteiger partial charge on any atom is 0.289 e. The van der Waals surface area contributed by atoms with Gasteiger partial charge in [-0.2, -0.15) is 5.26 Å². The number of benzene rings is 1. The lowest BCUT2D eigenvalue weighted by atomic mass is 10.1. The van der Waals surface area contributed by atoms with E-state index in [1.54, 1.807) is 6.07 Å². The summed E-state index contributed by atoms with van der Waals surface area (Å²) in [4.78, 5) is 12.6. The van der Waals surface area contributed by atoms with Gasteiger partial charge in [0.25, 0.3) is 5.69 Å². The van der Waals surface area contributed by atoms with Gasteiger partial charge in [0.05, 0.1) is 4.92 Å². The van der Waals surface area contributed by atoms with Crippen LogP contribution in [0.25, 0.3) is 0 Å². The molecule has 20 heavy (non-hydrogen) atoms. The molecule has 0 radical (unpaired) electrons. The lowest BCUT2D eigenvalue weighted by Crippen LogP contribution is -2.32. The molecule has 1 saturated heterocycles. The average molecular weight is 274 g/mol. The van der Waals surface area contributed by atoms with E-state index < -0.39 is 4.92 Å². The second kappa shape index (κ2) is 6.35. The first-order chi connectivity index (χ1) is 9.63. The number of hydrogen-bond acceptors (Lipinski definition) is 5. The molecule has 2 rings (SSSR count). The second-order valence-corrected chi connectivity index (χ2v) is 5.02. The first kappa shape index (κ1) is 14.3. The smallest absolute Gasteiger partial charge is 0.289 e. The Labute approximate surface area is 118 Å². The van der Waals surface area contributed by atoms with Crippen molar-refractivity contribution < 1.29 is 4.92 Å². The molecule has 1 aromatic carbocycles. The highest BCUT2D eigenvalue weighted by molar-refractivity contribution is 5.60. The van der Waals surface area contributed by atoms with Gasteiger partial charge in [-0.25, -0.2) is 0 Å². The van der Waals surface area contributed by atoms with Gasteiger partial charge in [0.2, 0.25) is 0 Å². The van der Waals surface area contributed by atoms with Crippen LogP contribution in [0.1, 0.15) is 24.8 Å². The number of hydrogen-bond donors (Lipinski definition) is 1. The van der Waals surface area contributed by atoms with Crippen LogP contribution in [-0.4, -0.2) is 31.1 Å². The summed E-state index contributed by atoms with van der Waals surface area (Å²) in [7, 11) is 1.96. The molecule has 1 aliphatic rings. The second-order valence-electron chi connectivity index (χ2n) is 5.02. The zero-order chi connectivity index (χ0) is 14.5. The van der Waals surface area contributed by atoms with Gasteiger partial charge >= 0.3 is 0 Å². The molecule has 0 amide bonds. The summed E-state index contributed by atoms with van der Waals surface area (Å²) in [6.45, 7) is 1.99. The van der Waals surface area contributed by atoms with Gasteiger partial charge in [-0.3, -0.25) is 10.1 Å². The summed E-state index contributed by atoms with van der Waals surface area (Å²) in [6, 6.07) is 7.04. The van der Waals surface area contributed by atoms with E-state index in [9.17, 15) is 10.1 Å².